The molecule has 1 N–H and O–H groups in total. The second kappa shape index (κ2) is 7.42. The van der Waals surface area contributed by atoms with Crippen molar-refractivity contribution >= 4 is 11.6 Å². The number of nitrogens with one attached hydrogen (secondary N) is 1. The lowest BCUT2D eigenvalue weighted by Gasteiger charge is -2.17. The van der Waals surface area contributed by atoms with E-state index in [-0.39, 0.29) is 11.5 Å². The summed E-state index contributed by atoms with van der Waals surface area (Å²) >= 11 is 0. The van der Waals surface area contributed by atoms with Gasteiger partial charge in [-0.05, 0) is 31.4 Å². The van der Waals surface area contributed by atoms with Crippen molar-refractivity contribution in [3.63, 3.8) is 0 Å². The van der Waals surface area contributed by atoms with Crippen LogP contribution in [0.4, 0.5) is 5.69 Å². The van der Waals surface area contributed by atoms with Crippen LogP contribution in [0.5, 0.6) is 11.5 Å². The Morgan fingerprint density at radius 3 is 2.72 bits per heavy atom. The van der Waals surface area contributed by atoms with Crippen molar-refractivity contribution in [3.8, 4) is 11.5 Å². The first-order chi connectivity index (χ1) is 12.1. The van der Waals surface area contributed by atoms with E-state index in [0.717, 1.165) is 25.0 Å². The number of ether oxygens (including phenoxy) is 2. The van der Waals surface area contributed by atoms with Crippen molar-refractivity contribution in [3.05, 3.63) is 51.9 Å². The van der Waals surface area contributed by atoms with Gasteiger partial charge in [-0.1, -0.05) is 12.5 Å². The fourth-order valence-corrected chi connectivity index (χ4v) is 3.22. The van der Waals surface area contributed by atoms with Crippen LogP contribution in [0.1, 0.15) is 35.3 Å². The lowest BCUT2D eigenvalue weighted by Crippen LogP contribution is -2.27. The zero-order chi connectivity index (χ0) is 17.8. The number of amides is 1. The van der Waals surface area contributed by atoms with Gasteiger partial charge in [-0.25, -0.2) is 0 Å². The van der Waals surface area contributed by atoms with Crippen LogP contribution in [-0.2, 0) is 13.0 Å². The van der Waals surface area contributed by atoms with E-state index in [1.165, 1.54) is 13.2 Å². The molecule has 1 aromatic heterocycles. The van der Waals surface area contributed by atoms with Crippen LogP contribution in [0.2, 0.25) is 0 Å². The van der Waals surface area contributed by atoms with E-state index in [1.807, 2.05) is 12.1 Å². The predicted octanol–water partition coefficient (Wildman–Crippen LogP) is 2.84. The van der Waals surface area contributed by atoms with E-state index < -0.39 is 0 Å². The third-order valence-electron chi connectivity index (χ3n) is 4.45. The van der Waals surface area contributed by atoms with Crippen LogP contribution in [0.25, 0.3) is 0 Å². The van der Waals surface area contributed by atoms with E-state index in [1.54, 1.807) is 23.8 Å². The van der Waals surface area contributed by atoms with E-state index in [2.05, 4.69) is 5.32 Å². The van der Waals surface area contributed by atoms with Crippen LogP contribution >= 0.6 is 0 Å². The highest BCUT2D eigenvalue weighted by atomic mass is 16.5. The molecule has 0 spiro atoms. The smallest absolute Gasteiger partial charge is 0.261 e. The largest absolute Gasteiger partial charge is 0.497 e. The van der Waals surface area contributed by atoms with E-state index in [4.69, 9.17) is 9.47 Å². The summed E-state index contributed by atoms with van der Waals surface area (Å²) in [7, 11) is 3.05. The molecule has 1 aliphatic heterocycles. The average Bonchev–Trinajstić information content (AvgIpc) is 2.87. The second-order valence-electron chi connectivity index (χ2n) is 6.02. The predicted molar refractivity (Wildman–Crippen MR) is 95.8 cm³/mol. The molecule has 3 rings (SSSR count). The Morgan fingerprint density at radius 2 is 1.96 bits per heavy atom. The first-order valence-electron chi connectivity index (χ1n) is 8.40. The quantitative estimate of drug-likeness (QED) is 0.928. The van der Waals surface area contributed by atoms with E-state index in [9.17, 15) is 9.59 Å². The van der Waals surface area contributed by atoms with Gasteiger partial charge < -0.3 is 19.4 Å². The molecule has 2 heterocycles. The van der Waals surface area contributed by atoms with Crippen LogP contribution < -0.4 is 20.3 Å². The lowest BCUT2D eigenvalue weighted by atomic mass is 10.1. The van der Waals surface area contributed by atoms with Crippen molar-refractivity contribution in [2.45, 2.75) is 32.2 Å². The molecule has 2 aromatic rings. The normalized spacial score (nSPS) is 13.5. The number of benzene rings is 1. The van der Waals surface area contributed by atoms with Crippen LogP contribution in [0.3, 0.4) is 0 Å². The molecule has 0 atom stereocenters. The number of carbonyl (C=O) groups is 1. The number of carbonyl (C=O) groups excluding carboxylic acids is 1. The molecule has 0 bridgehead atoms. The minimum absolute atomic E-state index is 0.119. The molecular formula is C19H22N2O4. The molecule has 0 fully saturated rings. The highest BCUT2D eigenvalue weighted by molar-refractivity contribution is 6.07. The molecule has 6 nitrogen and oxygen atoms in total. The van der Waals surface area contributed by atoms with Gasteiger partial charge in [-0.3, -0.25) is 9.59 Å². The molecule has 1 aromatic carbocycles. The maximum absolute atomic E-state index is 12.9. The Hall–Kier alpha value is -2.76. The monoisotopic (exact) mass is 342 g/mol. The number of pyridine rings is 1. The van der Waals surface area contributed by atoms with Gasteiger partial charge in [0.05, 0.1) is 14.2 Å². The maximum atomic E-state index is 12.9. The van der Waals surface area contributed by atoms with Gasteiger partial charge >= 0.3 is 0 Å². The summed E-state index contributed by atoms with van der Waals surface area (Å²) in [6.07, 6.45) is 3.62. The third-order valence-corrected chi connectivity index (χ3v) is 4.45. The van der Waals surface area contributed by atoms with Crippen molar-refractivity contribution in [2.75, 3.05) is 19.5 Å². The van der Waals surface area contributed by atoms with E-state index >= 15 is 0 Å². The highest BCUT2D eigenvalue weighted by Crippen LogP contribution is 2.26. The number of rotatable bonds is 4. The van der Waals surface area contributed by atoms with Gasteiger partial charge in [0.25, 0.3) is 11.5 Å². The summed E-state index contributed by atoms with van der Waals surface area (Å²) in [6, 6.07) is 8.56. The summed E-state index contributed by atoms with van der Waals surface area (Å²) in [5, 5.41) is 2.88. The maximum Gasteiger partial charge on any atom is 0.261 e. The van der Waals surface area contributed by atoms with Crippen molar-refractivity contribution < 1.29 is 14.3 Å². The summed E-state index contributed by atoms with van der Waals surface area (Å²) in [5.41, 5.74) is 1.70. The Bertz CT molecular complexity index is 842. The van der Waals surface area contributed by atoms with Gasteiger partial charge in [0.1, 0.15) is 17.1 Å². The zero-order valence-electron chi connectivity index (χ0n) is 14.5. The van der Waals surface area contributed by atoms with E-state index in [0.29, 0.717) is 35.7 Å². The molecule has 0 radical (unpaired) electrons. The Kier molecular flexibility index (Phi) is 5.07. The summed E-state index contributed by atoms with van der Waals surface area (Å²) in [5.74, 6) is 0.696. The second-order valence-corrected chi connectivity index (χ2v) is 6.02. The van der Waals surface area contributed by atoms with Gasteiger partial charge in [0, 0.05) is 30.1 Å². The van der Waals surface area contributed by atoms with Gasteiger partial charge in [-0.15, -0.1) is 0 Å². The molecule has 6 heteroatoms. The molecule has 0 saturated carbocycles. The highest BCUT2D eigenvalue weighted by Gasteiger charge is 2.23. The first kappa shape index (κ1) is 17.1. The van der Waals surface area contributed by atoms with Crippen LogP contribution in [-0.4, -0.2) is 24.7 Å². The number of hydrogen-bond acceptors (Lipinski definition) is 4. The lowest BCUT2D eigenvalue weighted by molar-refractivity contribution is 0.102. The fraction of sp³-hybridized carbons (Fsp3) is 0.368. The SMILES string of the molecule is COc1cccc(NC(=O)c2c(OC)cc(=O)n3c2CCCCC3)c1. The van der Waals surface area contributed by atoms with Crippen LogP contribution in [0, 0.1) is 0 Å². The Morgan fingerprint density at radius 1 is 1.12 bits per heavy atom. The minimum Gasteiger partial charge on any atom is -0.497 e. The van der Waals surface area contributed by atoms with Gasteiger partial charge in [0.15, 0.2) is 0 Å². The molecule has 1 amide bonds. The van der Waals surface area contributed by atoms with Gasteiger partial charge in [-0.2, -0.15) is 0 Å². The number of aromatic nitrogens is 1. The van der Waals surface area contributed by atoms with Crippen molar-refractivity contribution in [1.29, 1.82) is 0 Å². The third kappa shape index (κ3) is 3.52. The number of nitrogens with zero attached hydrogens (tertiary/aromatic N) is 1. The van der Waals surface area contributed by atoms with Crippen molar-refractivity contribution in [2.24, 2.45) is 0 Å². The topological polar surface area (TPSA) is 69.6 Å². The standard InChI is InChI=1S/C19H22N2O4/c1-24-14-8-6-7-13(11-14)20-19(23)18-15-9-4-3-5-10-21(15)17(22)12-16(18)25-2/h6-8,11-12H,3-5,9-10H2,1-2H3,(H,20,23). The summed E-state index contributed by atoms with van der Waals surface area (Å²) in [6.45, 7) is 0.637. The number of methoxy groups -OCH3 is 2. The minimum atomic E-state index is -0.282. The summed E-state index contributed by atoms with van der Waals surface area (Å²) in [4.78, 5) is 25.3. The molecule has 0 unspecified atom stereocenters. The average molecular weight is 342 g/mol. The molecule has 132 valence electrons. The molecule has 1 aliphatic rings. The molecular weight excluding hydrogens is 320 g/mol. The summed E-state index contributed by atoms with van der Waals surface area (Å²) < 4.78 is 12.2. The number of fused-ring (bicyclic) bond motifs is 1. The number of anilines is 1. The Balaban J connectivity index is 2.02. The zero-order valence-corrected chi connectivity index (χ0v) is 14.5. The Labute approximate surface area is 146 Å². The molecule has 25 heavy (non-hydrogen) atoms. The first-order valence-corrected chi connectivity index (χ1v) is 8.40. The van der Waals surface area contributed by atoms with Crippen molar-refractivity contribution in [1.82, 2.24) is 4.57 Å². The fourth-order valence-electron chi connectivity index (χ4n) is 3.22. The number of hydrogen-bond donors (Lipinski definition) is 1. The molecule has 0 aliphatic carbocycles. The van der Waals surface area contributed by atoms with Crippen LogP contribution in [0.15, 0.2) is 35.1 Å². The van der Waals surface area contributed by atoms with Gasteiger partial charge in [0.2, 0.25) is 0 Å². The molecule has 0 saturated heterocycles.